The Hall–Kier alpha value is -2.33. The first-order valence-electron chi connectivity index (χ1n) is 10.5. The molecule has 0 unspecified atom stereocenters. The average molecular weight is 448 g/mol. The molecule has 4 rings (SSSR count). The second kappa shape index (κ2) is 7.98. The van der Waals surface area contributed by atoms with Crippen molar-refractivity contribution in [2.45, 2.75) is 77.3 Å². The third-order valence-electron chi connectivity index (χ3n) is 6.02. The van der Waals surface area contributed by atoms with Crippen LogP contribution in [0.15, 0.2) is 9.79 Å². The smallest absolute Gasteiger partial charge is 0.305 e. The summed E-state index contributed by atoms with van der Waals surface area (Å²) in [7, 11) is 0. The molecule has 2 aromatic heterocycles. The van der Waals surface area contributed by atoms with E-state index in [1.165, 1.54) is 0 Å². The number of aromatic nitrogens is 4. The van der Waals surface area contributed by atoms with Gasteiger partial charge >= 0.3 is 5.97 Å². The predicted molar refractivity (Wildman–Crippen MR) is 120 cm³/mol. The fraction of sp³-hybridized carbons (Fsp3) is 0.619. The van der Waals surface area contributed by atoms with Crippen molar-refractivity contribution < 1.29 is 14.6 Å². The van der Waals surface area contributed by atoms with Gasteiger partial charge in [-0.1, -0.05) is 11.8 Å². The number of hydrogen-bond donors (Lipinski definition) is 2. The third kappa shape index (κ3) is 4.10. The summed E-state index contributed by atoms with van der Waals surface area (Å²) >= 11 is 1.54. The molecule has 31 heavy (non-hydrogen) atoms. The predicted octanol–water partition coefficient (Wildman–Crippen LogP) is 3.48. The van der Waals surface area contributed by atoms with Gasteiger partial charge in [0.25, 0.3) is 5.56 Å². The molecule has 2 atom stereocenters. The number of aryl methyl sites for hydroxylation is 2. The molecule has 10 heteroatoms. The van der Waals surface area contributed by atoms with E-state index < -0.39 is 5.97 Å². The normalized spacial score (nSPS) is 22.8. The van der Waals surface area contributed by atoms with E-state index in [4.69, 9.17) is 14.8 Å². The number of carboxylic acid groups (broad SMARTS) is 1. The first-order valence-corrected chi connectivity index (χ1v) is 11.4. The lowest BCUT2D eigenvalue weighted by atomic mass is 9.94. The largest absolute Gasteiger partial charge is 0.481 e. The number of hydrogen-bond acceptors (Lipinski definition) is 6. The molecule has 2 aliphatic heterocycles. The fourth-order valence-corrected chi connectivity index (χ4v) is 5.88. The number of carbonyl (C=O) groups is 1. The molecule has 1 fully saturated rings. The molecule has 9 nitrogen and oxygen atoms in total. The number of thioether (sulfide) groups is 1. The van der Waals surface area contributed by atoms with E-state index in [0.717, 1.165) is 34.8 Å². The van der Waals surface area contributed by atoms with Crippen molar-refractivity contribution in [1.82, 2.24) is 19.6 Å². The van der Waals surface area contributed by atoms with Gasteiger partial charge in [-0.2, -0.15) is 5.10 Å². The van der Waals surface area contributed by atoms with E-state index >= 15 is 0 Å². The van der Waals surface area contributed by atoms with Gasteiger partial charge in [0.15, 0.2) is 5.82 Å². The van der Waals surface area contributed by atoms with Crippen LogP contribution in [-0.4, -0.2) is 47.9 Å². The summed E-state index contributed by atoms with van der Waals surface area (Å²) in [5, 5.41) is 17.3. The van der Waals surface area contributed by atoms with Gasteiger partial charge in [0.05, 0.1) is 46.2 Å². The number of ether oxygens (including phenoxy) is 1. The number of aliphatic imine (C=N–C) groups is 1. The number of nitrogens with zero attached hydrogens (tertiary/aromatic N) is 4. The third-order valence-corrected chi connectivity index (χ3v) is 7.16. The van der Waals surface area contributed by atoms with Crippen LogP contribution in [0.4, 0.5) is 5.82 Å². The van der Waals surface area contributed by atoms with Crippen molar-refractivity contribution in [2.24, 2.45) is 4.99 Å². The van der Waals surface area contributed by atoms with Gasteiger partial charge in [-0.15, -0.1) is 0 Å². The van der Waals surface area contributed by atoms with E-state index in [9.17, 15) is 9.59 Å². The minimum atomic E-state index is -0.862. The minimum Gasteiger partial charge on any atom is -0.481 e. The van der Waals surface area contributed by atoms with Crippen LogP contribution in [0, 0.1) is 13.8 Å². The van der Waals surface area contributed by atoms with Crippen molar-refractivity contribution in [2.75, 3.05) is 6.61 Å². The van der Waals surface area contributed by atoms with Gasteiger partial charge in [0.1, 0.15) is 0 Å². The highest BCUT2D eigenvalue weighted by molar-refractivity contribution is 8.14. The topological polar surface area (TPSA) is 114 Å². The number of rotatable bonds is 5. The van der Waals surface area contributed by atoms with Gasteiger partial charge in [0.2, 0.25) is 0 Å². The number of H-pyrrole nitrogens is 1. The number of carboxylic acids is 1. The Kier molecular flexibility index (Phi) is 5.63. The highest BCUT2D eigenvalue weighted by Crippen LogP contribution is 2.47. The summed E-state index contributed by atoms with van der Waals surface area (Å²) in [6.45, 7) is 10.9. The van der Waals surface area contributed by atoms with E-state index in [1.54, 1.807) is 16.4 Å². The second-order valence-corrected chi connectivity index (χ2v) is 10.2. The Bertz CT molecular complexity index is 1110. The lowest BCUT2D eigenvalue weighted by molar-refractivity contribution is -0.137. The molecular formula is C21H29N5O4S. The van der Waals surface area contributed by atoms with Gasteiger partial charge in [-0.05, 0) is 47.5 Å². The summed E-state index contributed by atoms with van der Waals surface area (Å²) < 4.78 is 9.51. The Labute approximate surface area is 184 Å². The molecule has 0 bridgehead atoms. The zero-order valence-corrected chi connectivity index (χ0v) is 19.4. The van der Waals surface area contributed by atoms with Gasteiger partial charge < -0.3 is 9.84 Å². The summed E-state index contributed by atoms with van der Waals surface area (Å²) in [5.74, 6) is -0.176. The molecular weight excluding hydrogens is 418 g/mol. The molecule has 0 aromatic carbocycles. The van der Waals surface area contributed by atoms with Crippen molar-refractivity contribution in [3.8, 4) is 0 Å². The van der Waals surface area contributed by atoms with Gasteiger partial charge in [-0.3, -0.25) is 24.1 Å². The minimum absolute atomic E-state index is 0.00143. The van der Waals surface area contributed by atoms with Crippen LogP contribution in [0.3, 0.4) is 0 Å². The maximum atomic E-state index is 13.1. The van der Waals surface area contributed by atoms with E-state index in [2.05, 4.69) is 24.0 Å². The van der Waals surface area contributed by atoms with Gasteiger partial charge in [-0.25, -0.2) is 4.99 Å². The number of nitrogens with one attached hydrogen (secondary N) is 1. The maximum Gasteiger partial charge on any atom is 0.305 e. The highest BCUT2D eigenvalue weighted by Gasteiger charge is 2.37. The number of aromatic amines is 1. The molecule has 0 saturated carbocycles. The van der Waals surface area contributed by atoms with Crippen LogP contribution in [0.1, 0.15) is 73.8 Å². The highest BCUT2D eigenvalue weighted by atomic mass is 32.2. The summed E-state index contributed by atoms with van der Waals surface area (Å²) in [6, 6.07) is 0.112. The molecule has 1 saturated heterocycles. The van der Waals surface area contributed by atoms with E-state index in [-0.39, 0.29) is 28.9 Å². The Morgan fingerprint density at radius 2 is 2.06 bits per heavy atom. The van der Waals surface area contributed by atoms with E-state index in [1.807, 2.05) is 25.5 Å². The molecule has 0 amide bonds. The van der Waals surface area contributed by atoms with E-state index in [0.29, 0.717) is 24.5 Å². The van der Waals surface area contributed by atoms with Crippen molar-refractivity contribution >= 4 is 28.6 Å². The molecule has 168 valence electrons. The SMILES string of the molecule is CC1=Nc2c(c(=O)[nH]n2[C@H]2CCOC(C)(C)C2)[C@H](c2c(C)nn(CCC(=O)O)c2C)S1. The molecule has 2 N–H and O–H groups in total. The second-order valence-electron chi connectivity index (χ2n) is 8.88. The maximum absolute atomic E-state index is 13.1. The van der Waals surface area contributed by atoms with Crippen LogP contribution in [0.5, 0.6) is 0 Å². The van der Waals surface area contributed by atoms with Crippen LogP contribution < -0.4 is 5.56 Å². The lowest BCUT2D eigenvalue weighted by Crippen LogP contribution is -2.35. The molecule has 2 aliphatic rings. The molecule has 0 aliphatic carbocycles. The van der Waals surface area contributed by atoms with Crippen molar-refractivity contribution in [3.05, 3.63) is 32.9 Å². The standard InChI is InChI=1S/C21H29N5O4S/c1-11-16(12(2)25(23-11)8-6-15(27)28)18-17-19(22-13(3)31-18)26(24-20(17)29)14-7-9-30-21(4,5)10-14/h14,18H,6-10H2,1-5H3,(H,24,29)(H,27,28)/t14-,18-/m0/s1. The Morgan fingerprint density at radius 3 is 2.74 bits per heavy atom. The zero-order valence-electron chi connectivity index (χ0n) is 18.6. The Morgan fingerprint density at radius 1 is 1.32 bits per heavy atom. The monoisotopic (exact) mass is 447 g/mol. The fourth-order valence-electron chi connectivity index (χ4n) is 4.61. The average Bonchev–Trinajstić information content (AvgIpc) is 3.14. The molecule has 0 spiro atoms. The van der Waals surface area contributed by atoms with Crippen LogP contribution in [0.25, 0.3) is 0 Å². The first kappa shape index (κ1) is 21.9. The summed E-state index contributed by atoms with van der Waals surface area (Å²) in [5.41, 5.74) is 2.91. The van der Waals surface area contributed by atoms with Crippen LogP contribution in [0.2, 0.25) is 0 Å². The molecule has 2 aromatic rings. The van der Waals surface area contributed by atoms with Crippen LogP contribution in [-0.2, 0) is 16.1 Å². The quantitative estimate of drug-likeness (QED) is 0.725. The number of fused-ring (bicyclic) bond motifs is 1. The van der Waals surface area contributed by atoms with Crippen molar-refractivity contribution in [3.63, 3.8) is 0 Å². The van der Waals surface area contributed by atoms with Crippen LogP contribution >= 0.6 is 11.8 Å². The van der Waals surface area contributed by atoms with Gasteiger partial charge in [0, 0.05) is 17.9 Å². The summed E-state index contributed by atoms with van der Waals surface area (Å²) in [4.78, 5) is 28.9. The first-order chi connectivity index (χ1) is 14.6. The Balaban J connectivity index is 1.77. The zero-order chi connectivity index (χ0) is 22.5. The molecule has 4 heterocycles. The van der Waals surface area contributed by atoms with Crippen molar-refractivity contribution in [1.29, 1.82) is 0 Å². The summed E-state index contributed by atoms with van der Waals surface area (Å²) in [6.07, 6.45) is 1.61. The molecule has 0 radical (unpaired) electrons. The lowest BCUT2D eigenvalue weighted by Gasteiger charge is -2.36. The number of aliphatic carboxylic acids is 1.